The Hall–Kier alpha value is -2.12. The van der Waals surface area contributed by atoms with Gasteiger partial charge in [0.05, 0.1) is 17.0 Å². The van der Waals surface area contributed by atoms with E-state index in [2.05, 4.69) is 24.1 Å². The van der Waals surface area contributed by atoms with Crippen molar-refractivity contribution in [3.63, 3.8) is 0 Å². The second-order valence-electron chi connectivity index (χ2n) is 7.28. The Morgan fingerprint density at radius 1 is 1.29 bits per heavy atom. The quantitative estimate of drug-likeness (QED) is 0.461. The van der Waals surface area contributed by atoms with Crippen LogP contribution in [-0.4, -0.2) is 27.8 Å². The zero-order valence-electron chi connectivity index (χ0n) is 16.6. The minimum absolute atomic E-state index is 0.0437. The van der Waals surface area contributed by atoms with E-state index in [0.717, 1.165) is 23.2 Å². The molecule has 3 aromatic rings. The zero-order chi connectivity index (χ0) is 20.3. The van der Waals surface area contributed by atoms with E-state index in [1.54, 1.807) is 4.57 Å². The van der Waals surface area contributed by atoms with E-state index in [9.17, 15) is 9.59 Å². The molecule has 0 aliphatic carbocycles. The molecule has 0 saturated heterocycles. The van der Waals surface area contributed by atoms with Crippen LogP contribution in [0.25, 0.3) is 15.9 Å². The van der Waals surface area contributed by atoms with Gasteiger partial charge in [-0.15, -0.1) is 11.3 Å². The minimum atomic E-state index is -0.0867. The largest absolute Gasteiger partial charge is 0.355 e. The highest BCUT2D eigenvalue weighted by Crippen LogP contribution is 2.25. The second kappa shape index (κ2) is 8.92. The molecule has 0 aliphatic heterocycles. The average Bonchev–Trinajstić information content (AvgIpc) is 3.11. The Balaban J connectivity index is 1.94. The zero-order valence-corrected chi connectivity index (χ0v) is 18.2. The van der Waals surface area contributed by atoms with Crippen LogP contribution in [0.15, 0.2) is 39.6 Å². The van der Waals surface area contributed by atoms with Crippen molar-refractivity contribution in [2.45, 2.75) is 39.3 Å². The highest BCUT2D eigenvalue weighted by molar-refractivity contribution is 7.99. The van der Waals surface area contributed by atoms with Crippen LogP contribution in [0, 0.1) is 19.8 Å². The number of amides is 1. The van der Waals surface area contributed by atoms with Crippen LogP contribution in [0.5, 0.6) is 0 Å². The van der Waals surface area contributed by atoms with Crippen molar-refractivity contribution in [1.29, 1.82) is 0 Å². The lowest BCUT2D eigenvalue weighted by atomic mass is 10.1. The highest BCUT2D eigenvalue weighted by atomic mass is 32.2. The average molecular weight is 416 g/mol. The summed E-state index contributed by atoms with van der Waals surface area (Å²) >= 11 is 2.70. The van der Waals surface area contributed by atoms with Gasteiger partial charge in [0.15, 0.2) is 5.16 Å². The van der Waals surface area contributed by atoms with E-state index in [1.165, 1.54) is 23.1 Å². The van der Waals surface area contributed by atoms with Crippen LogP contribution >= 0.6 is 23.1 Å². The number of aryl methyl sites for hydroxylation is 2. The Kier molecular flexibility index (Phi) is 6.57. The summed E-state index contributed by atoms with van der Waals surface area (Å²) in [5.41, 5.74) is 3.47. The summed E-state index contributed by atoms with van der Waals surface area (Å²) < 4.78 is 2.28. The van der Waals surface area contributed by atoms with Crippen LogP contribution in [0.2, 0.25) is 0 Å². The molecule has 1 aromatic carbocycles. The van der Waals surface area contributed by atoms with E-state index in [-0.39, 0.29) is 17.2 Å². The van der Waals surface area contributed by atoms with E-state index < -0.39 is 0 Å². The summed E-state index contributed by atoms with van der Waals surface area (Å²) in [5.74, 6) is 0.730. The molecular formula is C21H25N3O2S2. The molecule has 28 heavy (non-hydrogen) atoms. The van der Waals surface area contributed by atoms with Crippen molar-refractivity contribution in [1.82, 2.24) is 14.9 Å². The summed E-state index contributed by atoms with van der Waals surface area (Å²) in [4.78, 5) is 30.1. The first kappa shape index (κ1) is 20.6. The summed E-state index contributed by atoms with van der Waals surface area (Å²) in [5, 5.41) is 5.36. The molecule has 0 spiro atoms. The number of hydrogen-bond acceptors (Lipinski definition) is 5. The lowest BCUT2D eigenvalue weighted by Gasteiger charge is -2.15. The van der Waals surface area contributed by atoms with Gasteiger partial charge in [-0.05, 0) is 54.8 Å². The number of thiophene rings is 1. The molecule has 5 nitrogen and oxygen atoms in total. The van der Waals surface area contributed by atoms with Crippen molar-refractivity contribution in [2.75, 3.05) is 12.3 Å². The third-order valence-electron chi connectivity index (χ3n) is 4.43. The maximum absolute atomic E-state index is 13.2. The Morgan fingerprint density at radius 2 is 2.07 bits per heavy atom. The molecule has 0 bridgehead atoms. The molecule has 3 rings (SSSR count). The van der Waals surface area contributed by atoms with Gasteiger partial charge in [0.25, 0.3) is 5.56 Å². The van der Waals surface area contributed by atoms with Crippen molar-refractivity contribution < 1.29 is 4.79 Å². The van der Waals surface area contributed by atoms with Crippen molar-refractivity contribution in [2.24, 2.45) is 5.92 Å². The van der Waals surface area contributed by atoms with Gasteiger partial charge >= 0.3 is 0 Å². The lowest BCUT2D eigenvalue weighted by Crippen LogP contribution is -2.28. The van der Waals surface area contributed by atoms with Gasteiger partial charge in [0.1, 0.15) is 4.70 Å². The van der Waals surface area contributed by atoms with Crippen molar-refractivity contribution in [3.8, 4) is 5.69 Å². The van der Waals surface area contributed by atoms with Gasteiger partial charge in [-0.25, -0.2) is 4.98 Å². The van der Waals surface area contributed by atoms with Crippen LogP contribution < -0.4 is 10.9 Å². The summed E-state index contributed by atoms with van der Waals surface area (Å²) in [6.45, 7) is 8.90. The van der Waals surface area contributed by atoms with Gasteiger partial charge in [-0.3, -0.25) is 14.2 Å². The van der Waals surface area contributed by atoms with Crippen LogP contribution in [-0.2, 0) is 4.79 Å². The first-order chi connectivity index (χ1) is 13.4. The molecule has 0 atom stereocenters. The molecule has 0 unspecified atom stereocenters. The predicted molar refractivity (Wildman–Crippen MR) is 118 cm³/mol. The Labute approximate surface area is 173 Å². The van der Waals surface area contributed by atoms with Gasteiger partial charge in [0, 0.05) is 6.54 Å². The number of thioether (sulfide) groups is 1. The number of rotatable bonds is 7. The molecule has 0 radical (unpaired) electrons. The summed E-state index contributed by atoms with van der Waals surface area (Å²) in [6, 6.07) is 7.87. The third kappa shape index (κ3) is 4.64. The number of aromatic nitrogens is 2. The number of benzene rings is 1. The minimum Gasteiger partial charge on any atom is -0.355 e. The maximum Gasteiger partial charge on any atom is 0.276 e. The molecule has 2 aromatic heterocycles. The van der Waals surface area contributed by atoms with E-state index >= 15 is 0 Å². The number of carbonyl (C=O) groups excluding carboxylic acids is 1. The van der Waals surface area contributed by atoms with Crippen LogP contribution in [0.4, 0.5) is 0 Å². The first-order valence-corrected chi connectivity index (χ1v) is 11.2. The number of nitrogens with zero attached hydrogens (tertiary/aromatic N) is 2. The molecule has 0 saturated carbocycles. The fourth-order valence-electron chi connectivity index (χ4n) is 2.84. The van der Waals surface area contributed by atoms with Gasteiger partial charge < -0.3 is 5.32 Å². The number of hydrogen-bond donors (Lipinski definition) is 1. The molecule has 2 heterocycles. The predicted octanol–water partition coefficient (Wildman–Crippen LogP) is 4.32. The van der Waals surface area contributed by atoms with Crippen LogP contribution in [0.1, 0.15) is 31.4 Å². The Bertz CT molecular complexity index is 1050. The van der Waals surface area contributed by atoms with Crippen molar-refractivity contribution in [3.05, 3.63) is 51.1 Å². The van der Waals surface area contributed by atoms with E-state index in [1.807, 2.05) is 43.5 Å². The maximum atomic E-state index is 13.2. The number of nitrogens with one attached hydrogen (secondary N) is 1. The lowest BCUT2D eigenvalue weighted by molar-refractivity contribution is -0.118. The summed E-state index contributed by atoms with van der Waals surface area (Å²) in [6.07, 6.45) is 0.947. The van der Waals surface area contributed by atoms with Crippen molar-refractivity contribution >= 4 is 39.2 Å². The monoisotopic (exact) mass is 415 g/mol. The molecule has 0 fully saturated rings. The number of carbonyl (C=O) groups is 1. The highest BCUT2D eigenvalue weighted by Gasteiger charge is 2.17. The standard InChI is InChI=1S/C21H25N3O2S2/c1-13(2)7-9-22-18(25)12-28-21-23-16-8-10-27-19(16)20(26)24(21)17-11-14(3)5-6-15(17)4/h5-6,8,10-11,13H,7,9,12H2,1-4H3,(H,22,25). The third-order valence-corrected chi connectivity index (χ3v) is 6.26. The SMILES string of the molecule is Cc1ccc(C)c(-n2c(SCC(=O)NCCC(C)C)nc3ccsc3c2=O)c1. The molecule has 0 aliphatic rings. The number of fused-ring (bicyclic) bond motifs is 1. The second-order valence-corrected chi connectivity index (χ2v) is 9.14. The molecule has 7 heteroatoms. The molecule has 1 amide bonds. The molecular weight excluding hydrogens is 390 g/mol. The Morgan fingerprint density at radius 3 is 2.82 bits per heavy atom. The fourth-order valence-corrected chi connectivity index (χ4v) is 4.44. The topological polar surface area (TPSA) is 64.0 Å². The van der Waals surface area contributed by atoms with E-state index in [0.29, 0.717) is 27.8 Å². The molecule has 1 N–H and O–H groups in total. The molecule has 148 valence electrons. The summed E-state index contributed by atoms with van der Waals surface area (Å²) in [7, 11) is 0. The van der Waals surface area contributed by atoms with Crippen LogP contribution in [0.3, 0.4) is 0 Å². The van der Waals surface area contributed by atoms with Gasteiger partial charge in [-0.1, -0.05) is 37.7 Å². The smallest absolute Gasteiger partial charge is 0.276 e. The fraction of sp³-hybridized carbons (Fsp3) is 0.381. The van der Waals surface area contributed by atoms with Gasteiger partial charge in [0.2, 0.25) is 5.91 Å². The normalized spacial score (nSPS) is 11.3. The first-order valence-electron chi connectivity index (χ1n) is 9.34. The van der Waals surface area contributed by atoms with Gasteiger partial charge in [-0.2, -0.15) is 0 Å². The van der Waals surface area contributed by atoms with E-state index in [4.69, 9.17) is 0 Å².